The smallest absolute Gasteiger partial charge is 0.348 e. The zero-order chi connectivity index (χ0) is 23.4. The van der Waals surface area contributed by atoms with Crippen molar-refractivity contribution in [2.24, 2.45) is 11.7 Å². The second-order valence-electron chi connectivity index (χ2n) is 7.48. The van der Waals surface area contributed by atoms with Crippen molar-refractivity contribution in [1.29, 1.82) is 0 Å². The molecule has 32 heavy (non-hydrogen) atoms. The van der Waals surface area contributed by atoms with E-state index in [-0.39, 0.29) is 27.9 Å². The number of hydrogen-bond donors (Lipinski definition) is 2. The molecule has 2 atom stereocenters. The minimum absolute atomic E-state index is 0.0248. The SMILES string of the molecule is CCC(C)C(CN)N(C(=O)c1ccc(Cl)cc1Cl)c1cc(-c2ccccc2)sc1C(=O)O. The predicted octanol–water partition coefficient (Wildman–Crippen LogP) is 6.44. The molecule has 0 aliphatic carbocycles. The fraction of sp³-hybridized carbons (Fsp3) is 0.250. The number of carboxylic acids is 1. The van der Waals surface area contributed by atoms with Crippen LogP contribution in [-0.2, 0) is 0 Å². The average Bonchev–Trinajstić information content (AvgIpc) is 3.22. The van der Waals surface area contributed by atoms with E-state index in [0.29, 0.717) is 10.7 Å². The van der Waals surface area contributed by atoms with Gasteiger partial charge in [-0.05, 0) is 35.7 Å². The van der Waals surface area contributed by atoms with Crippen molar-refractivity contribution in [1.82, 2.24) is 0 Å². The molecule has 3 aromatic rings. The second-order valence-corrected chi connectivity index (χ2v) is 9.38. The molecule has 3 rings (SSSR count). The molecule has 5 nitrogen and oxygen atoms in total. The maximum Gasteiger partial charge on any atom is 0.348 e. The Morgan fingerprint density at radius 1 is 1.12 bits per heavy atom. The van der Waals surface area contributed by atoms with E-state index >= 15 is 0 Å². The second kappa shape index (κ2) is 10.5. The molecule has 0 bridgehead atoms. The van der Waals surface area contributed by atoms with Gasteiger partial charge >= 0.3 is 5.97 Å². The van der Waals surface area contributed by atoms with Gasteiger partial charge < -0.3 is 15.7 Å². The molecule has 0 radical (unpaired) electrons. The number of nitrogens with two attached hydrogens (primary N) is 1. The molecule has 0 spiro atoms. The van der Waals surface area contributed by atoms with Crippen molar-refractivity contribution in [3.05, 3.63) is 75.1 Å². The molecular formula is C24H24Cl2N2O3S. The van der Waals surface area contributed by atoms with Crippen molar-refractivity contribution in [2.75, 3.05) is 11.4 Å². The number of carbonyl (C=O) groups excluding carboxylic acids is 1. The number of nitrogens with zero attached hydrogens (tertiary/aromatic N) is 1. The fourth-order valence-corrected chi connectivity index (χ4v) is 5.04. The highest BCUT2D eigenvalue weighted by Gasteiger charge is 2.34. The summed E-state index contributed by atoms with van der Waals surface area (Å²) in [6.45, 7) is 4.17. The van der Waals surface area contributed by atoms with Gasteiger partial charge in [0.1, 0.15) is 4.88 Å². The van der Waals surface area contributed by atoms with E-state index in [2.05, 4.69) is 0 Å². The summed E-state index contributed by atoms with van der Waals surface area (Å²) < 4.78 is 0. The maximum atomic E-state index is 13.8. The van der Waals surface area contributed by atoms with Gasteiger partial charge in [-0.3, -0.25) is 4.79 Å². The number of thiophene rings is 1. The summed E-state index contributed by atoms with van der Waals surface area (Å²) >= 11 is 13.5. The van der Waals surface area contributed by atoms with Gasteiger partial charge in [-0.1, -0.05) is 73.8 Å². The van der Waals surface area contributed by atoms with Crippen LogP contribution in [0.5, 0.6) is 0 Å². The highest BCUT2D eigenvalue weighted by atomic mass is 35.5. The number of halogens is 2. The van der Waals surface area contributed by atoms with Gasteiger partial charge in [0.2, 0.25) is 0 Å². The zero-order valence-electron chi connectivity index (χ0n) is 17.7. The van der Waals surface area contributed by atoms with Crippen LogP contribution in [0.25, 0.3) is 10.4 Å². The van der Waals surface area contributed by atoms with E-state index in [4.69, 9.17) is 28.9 Å². The highest BCUT2D eigenvalue weighted by molar-refractivity contribution is 7.18. The number of benzene rings is 2. The Labute approximate surface area is 201 Å². The third-order valence-corrected chi connectivity index (χ3v) is 7.19. The Balaban J connectivity index is 2.22. The average molecular weight is 491 g/mol. The normalized spacial score (nSPS) is 12.9. The summed E-state index contributed by atoms with van der Waals surface area (Å²) in [5.41, 5.74) is 7.54. The number of anilines is 1. The van der Waals surface area contributed by atoms with Crippen LogP contribution >= 0.6 is 34.5 Å². The van der Waals surface area contributed by atoms with Crippen LogP contribution in [0.2, 0.25) is 10.0 Å². The van der Waals surface area contributed by atoms with Crippen LogP contribution < -0.4 is 10.6 Å². The van der Waals surface area contributed by atoms with Crippen molar-refractivity contribution < 1.29 is 14.7 Å². The number of carboxylic acid groups (broad SMARTS) is 1. The van der Waals surface area contributed by atoms with Crippen LogP contribution in [0, 0.1) is 5.92 Å². The molecule has 0 saturated heterocycles. The molecule has 0 fully saturated rings. The first-order chi connectivity index (χ1) is 15.3. The molecule has 0 aliphatic heterocycles. The van der Waals surface area contributed by atoms with E-state index in [1.165, 1.54) is 11.0 Å². The van der Waals surface area contributed by atoms with Crippen LogP contribution in [0.3, 0.4) is 0 Å². The monoisotopic (exact) mass is 490 g/mol. The first kappa shape index (κ1) is 24.3. The largest absolute Gasteiger partial charge is 0.477 e. The summed E-state index contributed by atoms with van der Waals surface area (Å²) in [6, 6.07) is 15.4. The van der Waals surface area contributed by atoms with Crippen molar-refractivity contribution in [3.63, 3.8) is 0 Å². The quantitative estimate of drug-likeness (QED) is 0.380. The third kappa shape index (κ3) is 4.99. The van der Waals surface area contributed by atoms with Crippen molar-refractivity contribution >= 4 is 52.1 Å². The number of hydrogen-bond acceptors (Lipinski definition) is 4. The molecule has 0 aliphatic rings. The molecule has 8 heteroatoms. The molecule has 1 heterocycles. The van der Waals surface area contributed by atoms with E-state index in [1.54, 1.807) is 18.2 Å². The lowest BCUT2D eigenvalue weighted by atomic mass is 9.96. The van der Waals surface area contributed by atoms with Gasteiger partial charge in [0.05, 0.1) is 22.3 Å². The van der Waals surface area contributed by atoms with Gasteiger partial charge in [-0.25, -0.2) is 4.79 Å². The van der Waals surface area contributed by atoms with E-state index in [1.807, 2.05) is 44.2 Å². The molecular weight excluding hydrogens is 467 g/mol. The minimum Gasteiger partial charge on any atom is -0.477 e. The van der Waals surface area contributed by atoms with Crippen LogP contribution in [0.15, 0.2) is 54.6 Å². The highest BCUT2D eigenvalue weighted by Crippen LogP contribution is 2.39. The summed E-state index contributed by atoms with van der Waals surface area (Å²) in [5, 5.41) is 10.6. The standard InChI is InChI=1S/C24H24Cl2N2O3S/c1-3-14(2)20(13-27)28(23(29)17-10-9-16(25)11-18(17)26)19-12-21(32-22(19)24(30)31)15-7-5-4-6-8-15/h4-12,14,20H,3,13,27H2,1-2H3,(H,30,31). The summed E-state index contributed by atoms with van der Waals surface area (Å²) in [7, 11) is 0. The Bertz CT molecular complexity index is 1120. The molecule has 168 valence electrons. The van der Waals surface area contributed by atoms with E-state index < -0.39 is 17.9 Å². The maximum absolute atomic E-state index is 13.8. The molecule has 1 aromatic heterocycles. The first-order valence-electron chi connectivity index (χ1n) is 10.2. The molecule has 2 aromatic carbocycles. The molecule has 0 saturated carbocycles. The Kier molecular flexibility index (Phi) is 7.96. The van der Waals surface area contributed by atoms with Crippen LogP contribution in [0.4, 0.5) is 5.69 Å². The van der Waals surface area contributed by atoms with Crippen molar-refractivity contribution in [3.8, 4) is 10.4 Å². The molecule has 2 unspecified atom stereocenters. The summed E-state index contributed by atoms with van der Waals surface area (Å²) in [5.74, 6) is -1.49. The lowest BCUT2D eigenvalue weighted by Crippen LogP contribution is -2.48. The Hall–Kier alpha value is -2.38. The topological polar surface area (TPSA) is 83.6 Å². The summed E-state index contributed by atoms with van der Waals surface area (Å²) in [4.78, 5) is 28.3. The molecule has 1 amide bonds. The zero-order valence-corrected chi connectivity index (χ0v) is 20.0. The van der Waals surface area contributed by atoms with E-state index in [0.717, 1.165) is 28.2 Å². The lowest BCUT2D eigenvalue weighted by Gasteiger charge is -2.35. The first-order valence-corrected chi connectivity index (χ1v) is 11.8. The number of amides is 1. The van der Waals surface area contributed by atoms with Crippen LogP contribution in [-0.4, -0.2) is 29.6 Å². The van der Waals surface area contributed by atoms with E-state index in [9.17, 15) is 14.7 Å². The number of rotatable bonds is 8. The number of carbonyl (C=O) groups is 2. The lowest BCUT2D eigenvalue weighted by molar-refractivity contribution is 0.0702. The summed E-state index contributed by atoms with van der Waals surface area (Å²) in [6.07, 6.45) is 0.762. The Morgan fingerprint density at radius 2 is 1.81 bits per heavy atom. The third-order valence-electron chi connectivity index (χ3n) is 5.48. The molecule has 3 N–H and O–H groups in total. The number of aromatic carboxylic acids is 1. The van der Waals surface area contributed by atoms with Gasteiger partial charge in [-0.2, -0.15) is 0 Å². The van der Waals surface area contributed by atoms with Gasteiger partial charge in [0, 0.05) is 16.4 Å². The van der Waals surface area contributed by atoms with Gasteiger partial charge in [-0.15, -0.1) is 11.3 Å². The van der Waals surface area contributed by atoms with Crippen LogP contribution in [0.1, 0.15) is 40.3 Å². The van der Waals surface area contributed by atoms with Gasteiger partial charge in [0.15, 0.2) is 0 Å². The van der Waals surface area contributed by atoms with Crippen molar-refractivity contribution in [2.45, 2.75) is 26.3 Å². The van der Waals surface area contributed by atoms with Gasteiger partial charge in [0.25, 0.3) is 5.91 Å². The fourth-order valence-electron chi connectivity index (χ4n) is 3.55. The Morgan fingerprint density at radius 3 is 2.38 bits per heavy atom. The minimum atomic E-state index is -1.10. The predicted molar refractivity (Wildman–Crippen MR) is 132 cm³/mol.